The Kier molecular flexibility index (Phi) is 4.90. The lowest BCUT2D eigenvalue weighted by Gasteiger charge is -2.16. The van der Waals surface area contributed by atoms with E-state index < -0.39 is 7.95 Å². The molecule has 0 radical (unpaired) electrons. The number of hydrogen-bond acceptors (Lipinski definition) is 1. The van der Waals surface area contributed by atoms with E-state index in [9.17, 15) is 4.57 Å². The fraction of sp³-hybridized carbons (Fsp3) is 1.00. The van der Waals surface area contributed by atoms with E-state index in [1.807, 2.05) is 0 Å². The lowest BCUT2D eigenvalue weighted by Crippen LogP contribution is -2.21. The van der Waals surface area contributed by atoms with Crippen molar-refractivity contribution < 1.29 is 4.57 Å². The van der Waals surface area contributed by atoms with Crippen molar-refractivity contribution in [1.82, 2.24) is 4.67 Å². The van der Waals surface area contributed by atoms with E-state index in [-0.39, 0.29) is 0 Å². The summed E-state index contributed by atoms with van der Waals surface area (Å²) in [6.45, 7) is 6.06. The Morgan fingerprint density at radius 3 is 2.15 bits per heavy atom. The van der Waals surface area contributed by atoms with Crippen LogP contribution in [0.1, 0.15) is 46.0 Å². The molecule has 0 aromatic rings. The molecule has 0 N–H and O–H groups in total. The molecule has 1 aliphatic rings. The van der Waals surface area contributed by atoms with Crippen LogP contribution in [-0.4, -0.2) is 23.4 Å². The van der Waals surface area contributed by atoms with Gasteiger partial charge in [0.15, 0.2) is 5.66 Å². The van der Waals surface area contributed by atoms with Crippen LogP contribution >= 0.6 is 7.95 Å². The normalized spacial score (nSPS) is 20.7. The predicted octanol–water partition coefficient (Wildman–Crippen LogP) is 3.40. The van der Waals surface area contributed by atoms with Crippen molar-refractivity contribution in [3.63, 3.8) is 0 Å². The van der Waals surface area contributed by atoms with Crippen LogP contribution in [0.4, 0.5) is 0 Å². The Labute approximate surface area is 82.5 Å². The second kappa shape index (κ2) is 5.72. The van der Waals surface area contributed by atoms with Crippen LogP contribution in [0, 0.1) is 0 Å². The Hall–Kier alpha value is 0.0600. The van der Waals surface area contributed by atoms with E-state index in [0.717, 1.165) is 13.1 Å². The molecule has 1 atom stereocenters. The summed E-state index contributed by atoms with van der Waals surface area (Å²) in [4.78, 5) is 0. The summed E-state index contributed by atoms with van der Waals surface area (Å²) in [7, 11) is -1.08. The quantitative estimate of drug-likeness (QED) is 0.651. The first kappa shape index (κ1) is 11.1. The average Bonchev–Trinajstić information content (AvgIpc) is 2.21. The summed E-state index contributed by atoms with van der Waals surface area (Å²) in [6.07, 6.45) is 6.29. The third kappa shape index (κ3) is 3.03. The molecule has 0 aliphatic heterocycles. The highest BCUT2D eigenvalue weighted by molar-refractivity contribution is 7.42. The molecule has 0 aromatic carbocycles. The van der Waals surface area contributed by atoms with Crippen LogP contribution in [0.15, 0.2) is 0 Å². The smallest absolute Gasteiger partial charge is 0.0971 e. The summed E-state index contributed by atoms with van der Waals surface area (Å²) in [5.41, 5.74) is 0.489. The van der Waals surface area contributed by atoms with Crippen LogP contribution in [-0.2, 0) is 4.57 Å². The summed E-state index contributed by atoms with van der Waals surface area (Å²) < 4.78 is 14.2. The minimum absolute atomic E-state index is 0.489. The third-order valence-electron chi connectivity index (χ3n) is 2.90. The summed E-state index contributed by atoms with van der Waals surface area (Å²) >= 11 is 0. The van der Waals surface area contributed by atoms with Gasteiger partial charge in [0.2, 0.25) is 0 Å². The first-order chi connectivity index (χ1) is 6.29. The molecule has 3 heteroatoms. The van der Waals surface area contributed by atoms with Gasteiger partial charge in [-0.2, -0.15) is 0 Å². The van der Waals surface area contributed by atoms with Gasteiger partial charge in [-0.3, -0.25) is 0 Å². The van der Waals surface area contributed by atoms with Crippen molar-refractivity contribution in [1.29, 1.82) is 0 Å². The lowest BCUT2D eigenvalue weighted by atomic mass is 10.0. The highest BCUT2D eigenvalue weighted by Gasteiger charge is 2.36. The van der Waals surface area contributed by atoms with E-state index in [0.29, 0.717) is 5.66 Å². The summed E-state index contributed by atoms with van der Waals surface area (Å²) in [6, 6.07) is 0. The maximum atomic E-state index is 12.0. The first-order valence-electron chi connectivity index (χ1n) is 5.50. The van der Waals surface area contributed by atoms with Crippen LogP contribution < -0.4 is 0 Å². The van der Waals surface area contributed by atoms with Gasteiger partial charge in [-0.25, -0.2) is 0 Å². The van der Waals surface area contributed by atoms with Gasteiger partial charge < -0.3 is 0 Å². The molecule has 0 saturated heterocycles. The van der Waals surface area contributed by atoms with Gasteiger partial charge in [0.05, 0.1) is 0 Å². The van der Waals surface area contributed by atoms with Gasteiger partial charge in [-0.05, 0) is 44.1 Å². The Balaban J connectivity index is 2.44. The van der Waals surface area contributed by atoms with Gasteiger partial charge in [-0.15, -0.1) is 0 Å². The molecule has 1 rings (SSSR count). The molecule has 13 heavy (non-hydrogen) atoms. The second-order valence-electron chi connectivity index (χ2n) is 3.73. The predicted molar refractivity (Wildman–Crippen MR) is 57.4 cm³/mol. The van der Waals surface area contributed by atoms with Crippen molar-refractivity contribution in [3.8, 4) is 0 Å². The lowest BCUT2D eigenvalue weighted by molar-refractivity contribution is 0.424. The number of nitrogens with zero attached hydrogens (tertiary/aromatic N) is 1. The van der Waals surface area contributed by atoms with Gasteiger partial charge in [0.25, 0.3) is 0 Å². The second-order valence-corrected chi connectivity index (χ2v) is 5.63. The van der Waals surface area contributed by atoms with Gasteiger partial charge in [-0.1, -0.05) is 11.1 Å². The largest absolute Gasteiger partial charge is 0.437 e. The third-order valence-corrected chi connectivity index (χ3v) is 5.16. The Morgan fingerprint density at radius 1 is 1.15 bits per heavy atom. The first-order valence-corrected chi connectivity index (χ1v) is 6.79. The van der Waals surface area contributed by atoms with Crippen molar-refractivity contribution in [2.45, 2.75) is 51.6 Å². The molecule has 1 fully saturated rings. The van der Waals surface area contributed by atoms with Gasteiger partial charge in [0.1, 0.15) is 0 Å². The molecule has 1 aliphatic carbocycles. The van der Waals surface area contributed by atoms with Crippen molar-refractivity contribution in [2.24, 2.45) is 0 Å². The van der Waals surface area contributed by atoms with Crippen molar-refractivity contribution in [3.05, 3.63) is 0 Å². The monoisotopic (exact) mass is 202 g/mol. The Bertz CT molecular complexity index is 162. The highest BCUT2D eigenvalue weighted by atomic mass is 31.1. The zero-order valence-corrected chi connectivity index (χ0v) is 9.72. The number of hydrogen-bond donors (Lipinski definition) is 0. The minimum atomic E-state index is -1.08. The van der Waals surface area contributed by atoms with Crippen LogP contribution in [0.25, 0.3) is 0 Å². The van der Waals surface area contributed by atoms with Crippen LogP contribution in [0.5, 0.6) is 0 Å². The standard InChI is InChI=1S/C10H21NOP/c1-3-11(4-2)13(12)10-8-6-5-7-9-10/h10H,3-9H2,1-2H3/q+1. The van der Waals surface area contributed by atoms with E-state index in [1.54, 1.807) is 0 Å². The fourth-order valence-electron chi connectivity index (χ4n) is 2.04. The molecule has 1 unspecified atom stereocenters. The van der Waals surface area contributed by atoms with E-state index in [2.05, 4.69) is 18.5 Å². The van der Waals surface area contributed by atoms with Gasteiger partial charge in [0, 0.05) is 13.1 Å². The molecule has 1 saturated carbocycles. The molecular formula is C10H21NOP+. The van der Waals surface area contributed by atoms with E-state index >= 15 is 0 Å². The molecular weight excluding hydrogens is 181 g/mol. The summed E-state index contributed by atoms with van der Waals surface area (Å²) in [5, 5.41) is 0. The van der Waals surface area contributed by atoms with Crippen LogP contribution in [0.2, 0.25) is 0 Å². The zero-order chi connectivity index (χ0) is 9.68. The molecule has 0 bridgehead atoms. The molecule has 2 nitrogen and oxygen atoms in total. The van der Waals surface area contributed by atoms with Crippen molar-refractivity contribution >= 4 is 7.95 Å². The molecule has 0 spiro atoms. The summed E-state index contributed by atoms with van der Waals surface area (Å²) in [5.74, 6) is 0. The van der Waals surface area contributed by atoms with Crippen molar-refractivity contribution in [2.75, 3.05) is 13.1 Å². The van der Waals surface area contributed by atoms with Gasteiger partial charge >= 0.3 is 7.95 Å². The molecule has 0 amide bonds. The van der Waals surface area contributed by atoms with E-state index in [4.69, 9.17) is 0 Å². The molecule has 76 valence electrons. The average molecular weight is 202 g/mol. The topological polar surface area (TPSA) is 20.3 Å². The SMILES string of the molecule is CCN(CC)[P+](=O)C1CCCCC1. The molecule has 0 heterocycles. The maximum absolute atomic E-state index is 12.0. The fourth-order valence-corrected chi connectivity index (χ4v) is 3.86. The maximum Gasteiger partial charge on any atom is 0.437 e. The highest BCUT2D eigenvalue weighted by Crippen LogP contribution is 2.40. The number of rotatable bonds is 4. The van der Waals surface area contributed by atoms with Crippen LogP contribution in [0.3, 0.4) is 0 Å². The minimum Gasteiger partial charge on any atom is -0.0971 e. The Morgan fingerprint density at radius 2 is 1.69 bits per heavy atom. The zero-order valence-electron chi connectivity index (χ0n) is 8.83. The molecule has 0 aromatic heterocycles. The van der Waals surface area contributed by atoms with E-state index in [1.165, 1.54) is 32.1 Å².